The SMILES string of the molecule is CC(C)c1cnc2[nH]cc(N)c2c1-c1ccccc1. The Balaban J connectivity index is 2.41. The van der Waals surface area contributed by atoms with Crippen LogP contribution in [-0.2, 0) is 0 Å². The predicted molar refractivity (Wildman–Crippen MR) is 80.0 cm³/mol. The van der Waals surface area contributed by atoms with Crippen molar-refractivity contribution in [1.29, 1.82) is 0 Å². The molecule has 0 aliphatic carbocycles. The highest BCUT2D eigenvalue weighted by molar-refractivity contribution is 6.02. The van der Waals surface area contributed by atoms with Gasteiger partial charge in [-0.3, -0.25) is 0 Å². The average Bonchev–Trinajstić information content (AvgIpc) is 2.80. The Bertz CT molecular complexity index is 711. The van der Waals surface area contributed by atoms with Crippen LogP contribution in [0.2, 0.25) is 0 Å². The van der Waals surface area contributed by atoms with Crippen LogP contribution in [0.4, 0.5) is 5.69 Å². The normalized spacial score (nSPS) is 11.3. The minimum Gasteiger partial charge on any atom is -0.397 e. The maximum Gasteiger partial charge on any atom is 0.140 e. The quantitative estimate of drug-likeness (QED) is 0.725. The lowest BCUT2D eigenvalue weighted by Gasteiger charge is -2.14. The van der Waals surface area contributed by atoms with Crippen molar-refractivity contribution in [2.75, 3.05) is 5.73 Å². The molecule has 3 heteroatoms. The third-order valence-corrected chi connectivity index (χ3v) is 3.45. The monoisotopic (exact) mass is 251 g/mol. The highest BCUT2D eigenvalue weighted by Gasteiger charge is 2.16. The Labute approximate surface area is 112 Å². The van der Waals surface area contributed by atoms with Crippen molar-refractivity contribution in [3.05, 3.63) is 48.3 Å². The van der Waals surface area contributed by atoms with E-state index in [1.54, 1.807) is 0 Å². The first kappa shape index (κ1) is 11.8. The molecule has 0 radical (unpaired) electrons. The van der Waals surface area contributed by atoms with Gasteiger partial charge < -0.3 is 10.7 Å². The molecule has 2 aromatic heterocycles. The van der Waals surface area contributed by atoms with Crippen LogP contribution in [0.3, 0.4) is 0 Å². The summed E-state index contributed by atoms with van der Waals surface area (Å²) in [5.41, 5.74) is 11.3. The Morgan fingerprint density at radius 2 is 1.89 bits per heavy atom. The number of benzene rings is 1. The molecule has 2 heterocycles. The van der Waals surface area contributed by atoms with Crippen LogP contribution in [-0.4, -0.2) is 9.97 Å². The van der Waals surface area contributed by atoms with Gasteiger partial charge >= 0.3 is 0 Å². The van der Waals surface area contributed by atoms with E-state index in [2.05, 4.69) is 48.1 Å². The first-order chi connectivity index (χ1) is 9.18. The third-order valence-electron chi connectivity index (χ3n) is 3.45. The molecule has 0 saturated heterocycles. The van der Waals surface area contributed by atoms with Gasteiger partial charge in [0.2, 0.25) is 0 Å². The van der Waals surface area contributed by atoms with E-state index in [0.717, 1.165) is 16.7 Å². The van der Waals surface area contributed by atoms with E-state index in [1.807, 2.05) is 18.5 Å². The molecule has 1 aromatic carbocycles. The van der Waals surface area contributed by atoms with Crippen LogP contribution in [0.25, 0.3) is 22.2 Å². The molecule has 19 heavy (non-hydrogen) atoms. The van der Waals surface area contributed by atoms with Crippen LogP contribution in [0, 0.1) is 0 Å². The van der Waals surface area contributed by atoms with E-state index < -0.39 is 0 Å². The predicted octanol–water partition coefficient (Wildman–Crippen LogP) is 3.94. The van der Waals surface area contributed by atoms with Crippen molar-refractivity contribution in [3.8, 4) is 11.1 Å². The zero-order valence-electron chi connectivity index (χ0n) is 11.1. The molecule has 0 saturated carbocycles. The largest absolute Gasteiger partial charge is 0.397 e. The van der Waals surface area contributed by atoms with Crippen LogP contribution in [0.15, 0.2) is 42.7 Å². The van der Waals surface area contributed by atoms with Gasteiger partial charge in [0, 0.05) is 17.8 Å². The number of nitrogens with one attached hydrogen (secondary N) is 1. The number of anilines is 1. The Morgan fingerprint density at radius 1 is 1.16 bits per heavy atom. The van der Waals surface area contributed by atoms with Crippen molar-refractivity contribution in [1.82, 2.24) is 9.97 Å². The number of aromatic amines is 1. The molecule has 96 valence electrons. The summed E-state index contributed by atoms with van der Waals surface area (Å²) in [6.45, 7) is 4.36. The standard InChI is InChI=1S/C16H17N3/c1-10(2)12-8-18-16-15(13(17)9-19-16)14(12)11-6-4-3-5-7-11/h3-10H,17H2,1-2H3,(H,18,19). The highest BCUT2D eigenvalue weighted by atomic mass is 14.9. The summed E-state index contributed by atoms with van der Waals surface area (Å²) in [7, 11) is 0. The van der Waals surface area contributed by atoms with Gasteiger partial charge in [-0.25, -0.2) is 4.98 Å². The summed E-state index contributed by atoms with van der Waals surface area (Å²) < 4.78 is 0. The van der Waals surface area contributed by atoms with Gasteiger partial charge in [-0.1, -0.05) is 44.2 Å². The van der Waals surface area contributed by atoms with E-state index >= 15 is 0 Å². The second kappa shape index (κ2) is 4.43. The molecule has 3 aromatic rings. The maximum atomic E-state index is 6.11. The molecule has 0 aliphatic heterocycles. The number of aromatic nitrogens is 2. The summed E-state index contributed by atoms with van der Waals surface area (Å²) in [4.78, 5) is 7.60. The Morgan fingerprint density at radius 3 is 2.58 bits per heavy atom. The molecule has 3 nitrogen and oxygen atoms in total. The van der Waals surface area contributed by atoms with Crippen molar-refractivity contribution in [3.63, 3.8) is 0 Å². The Kier molecular flexibility index (Phi) is 2.75. The van der Waals surface area contributed by atoms with Crippen molar-refractivity contribution >= 4 is 16.7 Å². The van der Waals surface area contributed by atoms with Gasteiger partial charge in [0.25, 0.3) is 0 Å². The molecule has 0 amide bonds. The molecule has 0 spiro atoms. The van der Waals surface area contributed by atoms with E-state index in [9.17, 15) is 0 Å². The number of hydrogen-bond acceptors (Lipinski definition) is 2. The molecule has 0 unspecified atom stereocenters. The van der Waals surface area contributed by atoms with Crippen molar-refractivity contribution < 1.29 is 0 Å². The van der Waals surface area contributed by atoms with Gasteiger partial charge in [0.05, 0.1) is 5.69 Å². The van der Waals surface area contributed by atoms with Gasteiger partial charge in [-0.15, -0.1) is 0 Å². The number of pyridine rings is 1. The molecule has 3 N–H and O–H groups in total. The molecule has 0 fully saturated rings. The van der Waals surface area contributed by atoms with Crippen LogP contribution in [0.1, 0.15) is 25.3 Å². The smallest absolute Gasteiger partial charge is 0.140 e. The number of rotatable bonds is 2. The lowest BCUT2D eigenvalue weighted by molar-refractivity contribution is 0.864. The van der Waals surface area contributed by atoms with E-state index in [1.165, 1.54) is 16.7 Å². The first-order valence-corrected chi connectivity index (χ1v) is 6.49. The number of fused-ring (bicyclic) bond motifs is 1. The topological polar surface area (TPSA) is 54.7 Å². The van der Waals surface area contributed by atoms with Crippen LogP contribution in [0.5, 0.6) is 0 Å². The molecular weight excluding hydrogens is 234 g/mol. The number of nitrogens with two attached hydrogens (primary N) is 1. The summed E-state index contributed by atoms with van der Waals surface area (Å²) in [5.74, 6) is 0.404. The summed E-state index contributed by atoms with van der Waals surface area (Å²) in [6, 6.07) is 10.4. The molecule has 0 aliphatic rings. The summed E-state index contributed by atoms with van der Waals surface area (Å²) in [5, 5.41) is 1.03. The fourth-order valence-electron chi connectivity index (χ4n) is 2.49. The number of hydrogen-bond donors (Lipinski definition) is 2. The van der Waals surface area contributed by atoms with Gasteiger partial charge in [0.15, 0.2) is 0 Å². The Hall–Kier alpha value is -2.29. The zero-order valence-corrected chi connectivity index (χ0v) is 11.1. The second-order valence-electron chi connectivity index (χ2n) is 5.08. The van der Waals surface area contributed by atoms with E-state index in [-0.39, 0.29) is 0 Å². The van der Waals surface area contributed by atoms with Gasteiger partial charge in [-0.2, -0.15) is 0 Å². The first-order valence-electron chi connectivity index (χ1n) is 6.49. The highest BCUT2D eigenvalue weighted by Crippen LogP contribution is 2.37. The van der Waals surface area contributed by atoms with Crippen molar-refractivity contribution in [2.45, 2.75) is 19.8 Å². The van der Waals surface area contributed by atoms with E-state index in [0.29, 0.717) is 5.92 Å². The molecule has 0 bridgehead atoms. The maximum absolute atomic E-state index is 6.11. The van der Waals surface area contributed by atoms with Crippen LogP contribution < -0.4 is 5.73 Å². The lowest BCUT2D eigenvalue weighted by atomic mass is 9.92. The minimum absolute atomic E-state index is 0.404. The zero-order chi connectivity index (χ0) is 13.4. The van der Waals surface area contributed by atoms with Gasteiger partial charge in [0.1, 0.15) is 5.65 Å². The third kappa shape index (κ3) is 1.87. The average molecular weight is 251 g/mol. The molecule has 3 rings (SSSR count). The number of H-pyrrole nitrogens is 1. The number of nitrogens with zero attached hydrogens (tertiary/aromatic N) is 1. The van der Waals surface area contributed by atoms with Crippen LogP contribution >= 0.6 is 0 Å². The second-order valence-corrected chi connectivity index (χ2v) is 5.08. The summed E-state index contributed by atoms with van der Waals surface area (Å²) >= 11 is 0. The van der Waals surface area contributed by atoms with Crippen molar-refractivity contribution in [2.24, 2.45) is 0 Å². The fraction of sp³-hybridized carbons (Fsp3) is 0.188. The molecule has 0 atom stereocenters. The van der Waals surface area contributed by atoms with Gasteiger partial charge in [-0.05, 0) is 22.6 Å². The van der Waals surface area contributed by atoms with E-state index in [4.69, 9.17) is 5.73 Å². The summed E-state index contributed by atoms with van der Waals surface area (Å²) in [6.07, 6.45) is 3.76. The minimum atomic E-state index is 0.404. The molecular formula is C16H17N3. The number of nitrogen functional groups attached to an aromatic ring is 1. The fourth-order valence-corrected chi connectivity index (χ4v) is 2.49. The lowest BCUT2D eigenvalue weighted by Crippen LogP contribution is -1.96.